The van der Waals surface area contributed by atoms with E-state index in [0.29, 0.717) is 0 Å². The van der Waals surface area contributed by atoms with Crippen molar-refractivity contribution in [2.24, 2.45) is 7.05 Å². The van der Waals surface area contributed by atoms with E-state index in [1.54, 1.807) is 0 Å². The molecule has 1 aliphatic rings. The van der Waals surface area contributed by atoms with Crippen molar-refractivity contribution in [1.82, 2.24) is 0 Å². The number of hydrogen-bond acceptors (Lipinski definition) is 2. The Kier molecular flexibility index (Phi) is 3.93. The molecule has 2 aromatic rings. The van der Waals surface area contributed by atoms with Gasteiger partial charge in [-0.25, -0.2) is 0 Å². The van der Waals surface area contributed by atoms with Gasteiger partial charge in [0.15, 0.2) is 5.69 Å². The van der Waals surface area contributed by atoms with Crippen LogP contribution in [0, 0.1) is 13.8 Å². The van der Waals surface area contributed by atoms with E-state index in [1.165, 1.54) is 32.5 Å². The first kappa shape index (κ1) is 16.0. The van der Waals surface area contributed by atoms with Gasteiger partial charge in [0.05, 0.1) is 4.88 Å². The average Bonchev–Trinajstić information content (AvgIpc) is 2.88. The summed E-state index contributed by atoms with van der Waals surface area (Å²) in [5.74, 6) is 0. The number of rotatable bonds is 2. The maximum absolute atomic E-state index is 2.31. The van der Waals surface area contributed by atoms with Crippen molar-refractivity contribution in [3.8, 4) is 0 Å². The molecule has 1 aromatic carbocycles. The minimum atomic E-state index is 0.0408. The largest absolute Gasteiger partial charge is 0.347 e. The molecule has 1 aliphatic heterocycles. The van der Waals surface area contributed by atoms with Crippen LogP contribution in [-0.4, -0.2) is 7.05 Å². The third kappa shape index (κ3) is 2.53. The monoisotopic (exact) mass is 325 g/mol. The van der Waals surface area contributed by atoms with E-state index in [-0.39, 0.29) is 5.41 Å². The fraction of sp³-hybridized carbons (Fsp3) is 0.350. The molecule has 2 nitrogen and oxygen atoms in total. The summed E-state index contributed by atoms with van der Waals surface area (Å²) >= 11 is 1.84. The van der Waals surface area contributed by atoms with Crippen molar-refractivity contribution in [1.29, 1.82) is 0 Å². The Bertz CT molecular complexity index is 809. The number of anilines is 1. The fourth-order valence-electron chi connectivity index (χ4n) is 3.37. The molecule has 23 heavy (non-hydrogen) atoms. The summed E-state index contributed by atoms with van der Waals surface area (Å²) in [6.07, 6.45) is 6.65. The van der Waals surface area contributed by atoms with E-state index in [9.17, 15) is 0 Å². The number of aromatic nitrogens is 1. The molecule has 0 radical (unpaired) electrons. The van der Waals surface area contributed by atoms with Gasteiger partial charge < -0.3 is 4.90 Å². The molecule has 3 rings (SSSR count). The van der Waals surface area contributed by atoms with Crippen LogP contribution < -0.4 is 9.47 Å². The Morgan fingerprint density at radius 1 is 1.17 bits per heavy atom. The van der Waals surface area contributed by atoms with Crippen LogP contribution in [0.4, 0.5) is 5.69 Å². The summed E-state index contributed by atoms with van der Waals surface area (Å²) in [6.45, 7) is 8.95. The number of hydrogen-bond donors (Lipinski definition) is 0. The second-order valence-electron chi connectivity index (χ2n) is 6.75. The lowest BCUT2D eigenvalue weighted by Gasteiger charge is -2.23. The van der Waals surface area contributed by atoms with Crippen molar-refractivity contribution in [3.05, 3.63) is 63.3 Å². The summed E-state index contributed by atoms with van der Waals surface area (Å²) < 4.78 is 2.26. The Morgan fingerprint density at radius 2 is 1.87 bits per heavy atom. The molecule has 0 fully saturated rings. The van der Waals surface area contributed by atoms with E-state index in [4.69, 9.17) is 0 Å². The average molecular weight is 326 g/mol. The van der Waals surface area contributed by atoms with E-state index in [1.807, 2.05) is 11.3 Å². The fourth-order valence-corrected chi connectivity index (χ4v) is 4.39. The van der Waals surface area contributed by atoms with Crippen LogP contribution >= 0.6 is 11.3 Å². The predicted molar refractivity (Wildman–Crippen MR) is 100.0 cm³/mol. The second-order valence-corrected chi connectivity index (χ2v) is 7.99. The molecule has 0 saturated heterocycles. The van der Waals surface area contributed by atoms with E-state index < -0.39 is 0 Å². The Labute approximate surface area is 143 Å². The predicted octanol–water partition coefficient (Wildman–Crippen LogP) is 4.51. The second kappa shape index (κ2) is 5.64. The highest BCUT2D eigenvalue weighted by Gasteiger charge is 2.37. The first-order valence-electron chi connectivity index (χ1n) is 8.02. The maximum atomic E-state index is 2.31. The van der Waals surface area contributed by atoms with Gasteiger partial charge in [-0.15, -0.1) is 0 Å². The van der Waals surface area contributed by atoms with E-state index in [2.05, 4.69) is 93.8 Å². The summed E-state index contributed by atoms with van der Waals surface area (Å²) in [6, 6.07) is 8.68. The highest BCUT2D eigenvalue weighted by molar-refractivity contribution is 7.12. The Balaban J connectivity index is 1.94. The molecule has 0 N–H and O–H groups in total. The zero-order chi connectivity index (χ0) is 16.8. The molecular formula is C20H25N2S+. The minimum absolute atomic E-state index is 0.0408. The quantitative estimate of drug-likeness (QED) is 0.737. The SMILES string of the molecule is Cc1sc(C=CC=C2N(C)c3ccccc3C2(C)C)[n+](C)c1C. The zero-order valence-electron chi connectivity index (χ0n) is 14.8. The highest BCUT2D eigenvalue weighted by Crippen LogP contribution is 2.46. The molecule has 0 unspecified atom stereocenters. The lowest BCUT2D eigenvalue weighted by atomic mass is 9.84. The smallest absolute Gasteiger partial charge is 0.261 e. The van der Waals surface area contributed by atoms with Crippen LogP contribution in [0.2, 0.25) is 0 Å². The van der Waals surface area contributed by atoms with Crippen LogP contribution in [0.15, 0.2) is 42.1 Å². The van der Waals surface area contributed by atoms with E-state index in [0.717, 1.165) is 0 Å². The van der Waals surface area contributed by atoms with Gasteiger partial charge in [-0.1, -0.05) is 49.5 Å². The van der Waals surface area contributed by atoms with Crippen LogP contribution in [-0.2, 0) is 12.5 Å². The summed E-state index contributed by atoms with van der Waals surface area (Å²) in [5.41, 5.74) is 5.43. The number of likely N-dealkylation sites (N-methyl/N-ethyl adjacent to an activating group) is 1. The lowest BCUT2D eigenvalue weighted by molar-refractivity contribution is -0.674. The first-order valence-corrected chi connectivity index (χ1v) is 8.83. The van der Waals surface area contributed by atoms with Gasteiger partial charge in [0, 0.05) is 36.8 Å². The van der Waals surface area contributed by atoms with Crippen molar-refractivity contribution < 1.29 is 4.57 Å². The standard InChI is InChI=1S/C20H25N2S/c1-14-15(2)23-19(21(14)5)13-9-12-18-20(3,4)16-10-7-8-11-17(16)22(18)6/h7-13H,1-6H3/q+1. The Morgan fingerprint density at radius 3 is 2.48 bits per heavy atom. The molecule has 0 saturated carbocycles. The minimum Gasteiger partial charge on any atom is -0.347 e. The van der Waals surface area contributed by atoms with Gasteiger partial charge in [0.2, 0.25) is 0 Å². The van der Waals surface area contributed by atoms with Crippen molar-refractivity contribution in [2.75, 3.05) is 11.9 Å². The Hall–Kier alpha value is -1.87. The molecule has 0 aliphatic carbocycles. The van der Waals surface area contributed by atoms with Gasteiger partial charge in [0.1, 0.15) is 7.05 Å². The number of nitrogens with zero attached hydrogens (tertiary/aromatic N) is 2. The molecule has 120 valence electrons. The molecule has 0 atom stereocenters. The topological polar surface area (TPSA) is 7.12 Å². The zero-order valence-corrected chi connectivity index (χ0v) is 15.7. The van der Waals surface area contributed by atoms with Crippen LogP contribution in [0.1, 0.15) is 35.0 Å². The summed E-state index contributed by atoms with van der Waals surface area (Å²) in [5, 5.41) is 1.29. The molecule has 0 amide bonds. The van der Waals surface area contributed by atoms with Gasteiger partial charge >= 0.3 is 0 Å². The van der Waals surface area contributed by atoms with Gasteiger partial charge in [-0.3, -0.25) is 0 Å². The molecule has 1 aromatic heterocycles. The van der Waals surface area contributed by atoms with Gasteiger partial charge in [-0.2, -0.15) is 4.57 Å². The normalized spacial score (nSPS) is 18.2. The molecule has 3 heteroatoms. The number of thiazole rings is 1. The number of allylic oxidation sites excluding steroid dienone is 3. The third-order valence-corrected chi connectivity index (χ3v) is 6.25. The van der Waals surface area contributed by atoms with Gasteiger partial charge in [0.25, 0.3) is 5.01 Å². The molecular weight excluding hydrogens is 300 g/mol. The maximum Gasteiger partial charge on any atom is 0.261 e. The first-order chi connectivity index (χ1) is 10.8. The third-order valence-electron chi connectivity index (χ3n) is 5.03. The summed E-state index contributed by atoms with van der Waals surface area (Å²) in [4.78, 5) is 3.69. The molecule has 2 heterocycles. The van der Waals surface area contributed by atoms with Crippen LogP contribution in [0.5, 0.6) is 0 Å². The molecule has 0 spiro atoms. The van der Waals surface area contributed by atoms with Crippen LogP contribution in [0.3, 0.4) is 0 Å². The van der Waals surface area contributed by atoms with Crippen molar-refractivity contribution >= 4 is 23.1 Å². The number of aryl methyl sites for hydroxylation is 1. The van der Waals surface area contributed by atoms with E-state index >= 15 is 0 Å². The number of para-hydroxylation sites is 1. The van der Waals surface area contributed by atoms with Crippen molar-refractivity contribution in [3.63, 3.8) is 0 Å². The highest BCUT2D eigenvalue weighted by atomic mass is 32.1. The van der Waals surface area contributed by atoms with Gasteiger partial charge in [-0.05, 0) is 24.6 Å². The van der Waals surface area contributed by atoms with Crippen LogP contribution in [0.25, 0.3) is 6.08 Å². The summed E-state index contributed by atoms with van der Waals surface area (Å²) in [7, 11) is 4.29. The number of fused-ring (bicyclic) bond motifs is 1. The number of benzene rings is 1. The molecule has 0 bridgehead atoms. The van der Waals surface area contributed by atoms with Crippen molar-refractivity contribution in [2.45, 2.75) is 33.1 Å². The lowest BCUT2D eigenvalue weighted by Crippen LogP contribution is -2.31.